The quantitative estimate of drug-likeness (QED) is 0.655. The van der Waals surface area contributed by atoms with E-state index in [0.717, 1.165) is 17.7 Å². The fourth-order valence-corrected chi connectivity index (χ4v) is 2.42. The molecular formula is C14H17NO4. The van der Waals surface area contributed by atoms with Crippen LogP contribution in [0.25, 0.3) is 0 Å². The normalized spacial score (nSPS) is 22.5. The van der Waals surface area contributed by atoms with Crippen LogP contribution < -0.4 is 10.1 Å². The molecule has 102 valence electrons. The predicted molar refractivity (Wildman–Crippen MR) is 68.9 cm³/mol. The van der Waals surface area contributed by atoms with Crippen LogP contribution >= 0.6 is 0 Å². The molecule has 1 N–H and O–H groups in total. The minimum Gasteiger partial charge on any atom is -0.497 e. The monoisotopic (exact) mass is 263 g/mol. The number of nitrogens with one attached hydrogen (secondary N) is 1. The first-order chi connectivity index (χ1) is 9.17. The summed E-state index contributed by atoms with van der Waals surface area (Å²) in [6.07, 6.45) is 0.720. The van der Waals surface area contributed by atoms with Gasteiger partial charge in [-0.25, -0.2) is 0 Å². The summed E-state index contributed by atoms with van der Waals surface area (Å²) in [5.41, 5.74) is 0.950. The van der Waals surface area contributed by atoms with Crippen LogP contribution in [0.1, 0.15) is 17.9 Å². The molecule has 0 radical (unpaired) electrons. The van der Waals surface area contributed by atoms with Gasteiger partial charge in [-0.15, -0.1) is 0 Å². The Hall–Kier alpha value is -2.04. The molecule has 1 amide bonds. The Kier molecular flexibility index (Phi) is 4.04. The Morgan fingerprint density at radius 2 is 1.95 bits per heavy atom. The predicted octanol–water partition coefficient (Wildman–Crippen LogP) is 1.09. The van der Waals surface area contributed by atoms with Gasteiger partial charge in [0.15, 0.2) is 0 Å². The van der Waals surface area contributed by atoms with Gasteiger partial charge in [-0.3, -0.25) is 9.59 Å². The number of carbonyl (C=O) groups excluding carboxylic acids is 2. The highest BCUT2D eigenvalue weighted by molar-refractivity contribution is 5.99. The van der Waals surface area contributed by atoms with E-state index in [0.29, 0.717) is 6.54 Å². The Morgan fingerprint density at radius 1 is 1.26 bits per heavy atom. The van der Waals surface area contributed by atoms with E-state index in [9.17, 15) is 9.59 Å². The molecule has 1 aromatic rings. The number of carbonyl (C=O) groups is 2. The number of rotatable bonds is 3. The van der Waals surface area contributed by atoms with Gasteiger partial charge < -0.3 is 14.8 Å². The summed E-state index contributed by atoms with van der Waals surface area (Å²) in [7, 11) is 2.90. The summed E-state index contributed by atoms with van der Waals surface area (Å²) < 4.78 is 9.83. The van der Waals surface area contributed by atoms with Crippen LogP contribution in [0.4, 0.5) is 0 Å². The maximum Gasteiger partial charge on any atom is 0.318 e. The second kappa shape index (κ2) is 5.73. The zero-order chi connectivity index (χ0) is 13.8. The number of ether oxygens (including phenoxy) is 2. The molecule has 0 aliphatic carbocycles. The van der Waals surface area contributed by atoms with E-state index < -0.39 is 11.9 Å². The molecule has 5 nitrogen and oxygen atoms in total. The number of esters is 1. The lowest BCUT2D eigenvalue weighted by Crippen LogP contribution is -2.45. The van der Waals surface area contributed by atoms with Crippen LogP contribution in [0.15, 0.2) is 24.3 Å². The van der Waals surface area contributed by atoms with Crippen molar-refractivity contribution in [3.8, 4) is 5.75 Å². The summed E-state index contributed by atoms with van der Waals surface area (Å²) in [5, 5.41) is 2.71. The maximum absolute atomic E-state index is 11.9. The molecule has 1 aliphatic rings. The van der Waals surface area contributed by atoms with Gasteiger partial charge in [0.1, 0.15) is 11.7 Å². The molecule has 0 unspecified atom stereocenters. The Balaban J connectivity index is 2.28. The van der Waals surface area contributed by atoms with E-state index in [1.807, 2.05) is 24.3 Å². The second-order valence-corrected chi connectivity index (χ2v) is 4.46. The number of hydrogen-bond donors (Lipinski definition) is 1. The van der Waals surface area contributed by atoms with Crippen molar-refractivity contribution in [1.29, 1.82) is 0 Å². The molecule has 0 spiro atoms. The topological polar surface area (TPSA) is 64.6 Å². The van der Waals surface area contributed by atoms with Crippen molar-refractivity contribution in [2.75, 3.05) is 20.8 Å². The molecule has 1 aromatic carbocycles. The molecule has 2 rings (SSSR count). The van der Waals surface area contributed by atoms with Gasteiger partial charge in [-0.05, 0) is 24.1 Å². The van der Waals surface area contributed by atoms with Crippen LogP contribution in [0.3, 0.4) is 0 Å². The third-order valence-electron chi connectivity index (χ3n) is 3.44. The van der Waals surface area contributed by atoms with Crippen LogP contribution in [0, 0.1) is 5.92 Å². The number of piperidine rings is 1. The highest BCUT2D eigenvalue weighted by Gasteiger charge is 2.39. The molecular weight excluding hydrogens is 246 g/mol. The van der Waals surface area contributed by atoms with Gasteiger partial charge in [0.25, 0.3) is 0 Å². The maximum atomic E-state index is 11.9. The lowest BCUT2D eigenvalue weighted by Gasteiger charge is -2.29. The molecule has 1 saturated heterocycles. The second-order valence-electron chi connectivity index (χ2n) is 4.46. The molecule has 2 atom stereocenters. The van der Waals surface area contributed by atoms with Crippen LogP contribution in [-0.4, -0.2) is 32.6 Å². The fourth-order valence-electron chi connectivity index (χ4n) is 2.42. The smallest absolute Gasteiger partial charge is 0.318 e. The third-order valence-corrected chi connectivity index (χ3v) is 3.44. The lowest BCUT2D eigenvalue weighted by molar-refractivity contribution is -0.152. The van der Waals surface area contributed by atoms with E-state index in [-0.39, 0.29) is 11.8 Å². The largest absolute Gasteiger partial charge is 0.497 e. The summed E-state index contributed by atoms with van der Waals surface area (Å²) >= 11 is 0. The van der Waals surface area contributed by atoms with E-state index >= 15 is 0 Å². The molecule has 0 saturated carbocycles. The number of benzene rings is 1. The average molecular weight is 263 g/mol. The van der Waals surface area contributed by atoms with E-state index in [2.05, 4.69) is 5.32 Å². The Labute approximate surface area is 111 Å². The van der Waals surface area contributed by atoms with Gasteiger partial charge in [0, 0.05) is 12.5 Å². The van der Waals surface area contributed by atoms with Crippen molar-refractivity contribution in [1.82, 2.24) is 5.32 Å². The van der Waals surface area contributed by atoms with Crippen molar-refractivity contribution in [2.24, 2.45) is 5.92 Å². The summed E-state index contributed by atoms with van der Waals surface area (Å²) in [5.74, 6) is -0.921. The van der Waals surface area contributed by atoms with Crippen molar-refractivity contribution >= 4 is 11.9 Å². The first kappa shape index (κ1) is 13.4. The Bertz CT molecular complexity index is 461. The first-order valence-electron chi connectivity index (χ1n) is 6.17. The standard InChI is InChI=1S/C14H17NO4/c1-18-10-5-3-9(4-6-10)11-7-8-15-13(16)12(11)14(17)19-2/h3-6,11-12H,7-8H2,1-2H3,(H,15,16)/t11-,12-/m1/s1. The molecule has 5 heteroatoms. The molecule has 1 aliphatic heterocycles. The van der Waals surface area contributed by atoms with Crippen molar-refractivity contribution in [2.45, 2.75) is 12.3 Å². The Morgan fingerprint density at radius 3 is 2.53 bits per heavy atom. The zero-order valence-corrected chi connectivity index (χ0v) is 11.0. The van der Waals surface area contributed by atoms with Crippen molar-refractivity contribution in [3.05, 3.63) is 29.8 Å². The molecule has 19 heavy (non-hydrogen) atoms. The first-order valence-corrected chi connectivity index (χ1v) is 6.17. The SMILES string of the molecule is COC(=O)[C@H]1C(=O)NCC[C@@H]1c1ccc(OC)cc1. The zero-order valence-electron chi connectivity index (χ0n) is 11.0. The average Bonchev–Trinajstić information content (AvgIpc) is 2.46. The van der Waals surface area contributed by atoms with Crippen molar-refractivity contribution < 1.29 is 19.1 Å². The number of methoxy groups -OCH3 is 2. The van der Waals surface area contributed by atoms with Gasteiger partial charge in [-0.1, -0.05) is 12.1 Å². The van der Waals surface area contributed by atoms with Gasteiger partial charge in [0.2, 0.25) is 5.91 Å². The van der Waals surface area contributed by atoms with Gasteiger partial charge in [-0.2, -0.15) is 0 Å². The van der Waals surface area contributed by atoms with Crippen LogP contribution in [0.5, 0.6) is 5.75 Å². The van der Waals surface area contributed by atoms with Gasteiger partial charge in [0.05, 0.1) is 14.2 Å². The minimum atomic E-state index is -0.771. The fraction of sp³-hybridized carbons (Fsp3) is 0.429. The summed E-state index contributed by atoms with van der Waals surface area (Å²) in [6.45, 7) is 0.572. The number of hydrogen-bond acceptors (Lipinski definition) is 4. The summed E-state index contributed by atoms with van der Waals surface area (Å²) in [4.78, 5) is 23.6. The minimum absolute atomic E-state index is 0.146. The van der Waals surface area contributed by atoms with Crippen LogP contribution in [0.2, 0.25) is 0 Å². The molecule has 1 heterocycles. The van der Waals surface area contributed by atoms with Gasteiger partial charge >= 0.3 is 5.97 Å². The highest BCUT2D eigenvalue weighted by atomic mass is 16.5. The highest BCUT2D eigenvalue weighted by Crippen LogP contribution is 2.32. The molecule has 1 fully saturated rings. The summed E-state index contributed by atoms with van der Waals surface area (Å²) in [6, 6.07) is 7.43. The molecule has 0 bridgehead atoms. The number of amides is 1. The van der Waals surface area contributed by atoms with E-state index in [1.54, 1.807) is 7.11 Å². The lowest BCUT2D eigenvalue weighted by atomic mass is 9.80. The van der Waals surface area contributed by atoms with E-state index in [1.165, 1.54) is 7.11 Å². The third kappa shape index (κ3) is 2.70. The van der Waals surface area contributed by atoms with Crippen molar-refractivity contribution in [3.63, 3.8) is 0 Å². The van der Waals surface area contributed by atoms with E-state index in [4.69, 9.17) is 9.47 Å². The molecule has 0 aromatic heterocycles. The van der Waals surface area contributed by atoms with Crippen LogP contribution in [-0.2, 0) is 14.3 Å².